The number of nitrogens with zero attached hydrogens (tertiary/aromatic N) is 4. The number of nitrogens with two attached hydrogens (primary N) is 1. The number of anilines is 1. The molecule has 3 aromatic carbocycles. The smallest absolute Gasteiger partial charge is 0.267 e. The molecule has 38 heavy (non-hydrogen) atoms. The second-order valence-electron chi connectivity index (χ2n) is 8.66. The largest absolute Gasteiger partial charge is 0.480 e. The number of rotatable bonds is 7. The van der Waals surface area contributed by atoms with E-state index in [2.05, 4.69) is 9.97 Å². The number of pyridine rings is 1. The Hall–Kier alpha value is -4.54. The number of hydrogen-bond acceptors (Lipinski definition) is 7. The highest BCUT2D eigenvalue weighted by Crippen LogP contribution is 2.31. The lowest BCUT2D eigenvalue weighted by Gasteiger charge is -2.19. The van der Waals surface area contributed by atoms with Crippen molar-refractivity contribution in [2.45, 2.75) is 11.4 Å². The lowest BCUT2D eigenvalue weighted by Crippen LogP contribution is -2.27. The Labute approximate surface area is 219 Å². The highest BCUT2D eigenvalue weighted by molar-refractivity contribution is 7.89. The van der Waals surface area contributed by atoms with Gasteiger partial charge in [0.05, 0.1) is 23.7 Å². The van der Waals surface area contributed by atoms with E-state index in [9.17, 15) is 13.2 Å². The lowest BCUT2D eigenvalue weighted by molar-refractivity contribution is 0.381. The first-order valence-electron chi connectivity index (χ1n) is 11.7. The van der Waals surface area contributed by atoms with E-state index in [0.29, 0.717) is 27.7 Å². The number of para-hydroxylation sites is 1. The molecule has 0 radical (unpaired) electrons. The number of sulfonamides is 1. The average molecular weight is 528 g/mol. The maximum Gasteiger partial charge on any atom is 0.267 e. The molecule has 0 spiro atoms. The van der Waals surface area contributed by atoms with E-state index in [1.165, 1.54) is 35.3 Å². The van der Waals surface area contributed by atoms with Crippen molar-refractivity contribution >= 4 is 26.9 Å². The zero-order valence-electron chi connectivity index (χ0n) is 20.8. The van der Waals surface area contributed by atoms with Crippen LogP contribution < -0.4 is 16.0 Å². The van der Waals surface area contributed by atoms with Crippen molar-refractivity contribution in [3.63, 3.8) is 0 Å². The van der Waals surface area contributed by atoms with E-state index in [1.54, 1.807) is 30.3 Å². The molecule has 10 heteroatoms. The van der Waals surface area contributed by atoms with Gasteiger partial charge in [0.1, 0.15) is 4.90 Å². The van der Waals surface area contributed by atoms with Gasteiger partial charge in [-0.1, -0.05) is 54.6 Å². The summed E-state index contributed by atoms with van der Waals surface area (Å²) >= 11 is 0. The first kappa shape index (κ1) is 25.1. The van der Waals surface area contributed by atoms with Crippen molar-refractivity contribution in [3.8, 4) is 22.7 Å². The fraction of sp³-hybridized carbons (Fsp3) is 0.107. The standard InChI is InChI=1S/C28H25N5O4S/c1-32(18-19-9-5-3-6-10-19)38(35,36)25-16-21(17-30-26(25)37-2)20-13-14-24-23(15-20)27(34)33(28(29)31-24)22-11-7-4-8-12-22/h3-17H,18H2,1-2H3,(H2,29,31). The maximum atomic E-state index is 13.5. The summed E-state index contributed by atoms with van der Waals surface area (Å²) in [6.07, 6.45) is 1.51. The summed E-state index contributed by atoms with van der Waals surface area (Å²) in [5, 5.41) is 0.335. The van der Waals surface area contributed by atoms with Gasteiger partial charge in [-0.3, -0.25) is 4.79 Å². The van der Waals surface area contributed by atoms with E-state index >= 15 is 0 Å². The molecule has 0 unspecified atom stereocenters. The monoisotopic (exact) mass is 527 g/mol. The number of nitrogen functional groups attached to an aromatic ring is 1. The second-order valence-corrected chi connectivity index (χ2v) is 10.7. The quantitative estimate of drug-likeness (QED) is 0.341. The lowest BCUT2D eigenvalue weighted by atomic mass is 10.1. The van der Waals surface area contributed by atoms with Gasteiger partial charge in [0.25, 0.3) is 5.56 Å². The molecule has 5 rings (SSSR count). The normalized spacial score (nSPS) is 11.7. The number of aromatic nitrogens is 3. The van der Waals surface area contributed by atoms with Gasteiger partial charge in [-0.2, -0.15) is 4.31 Å². The van der Waals surface area contributed by atoms with Crippen LogP contribution >= 0.6 is 0 Å². The average Bonchev–Trinajstić information content (AvgIpc) is 2.93. The number of benzene rings is 3. The molecule has 0 aliphatic heterocycles. The molecule has 192 valence electrons. The van der Waals surface area contributed by atoms with Crippen LogP contribution in [-0.4, -0.2) is 41.4 Å². The number of fused-ring (bicyclic) bond motifs is 1. The second kappa shape index (κ2) is 10.1. The third-order valence-corrected chi connectivity index (χ3v) is 7.99. The molecule has 2 N–H and O–H groups in total. The fourth-order valence-electron chi connectivity index (χ4n) is 4.23. The maximum absolute atomic E-state index is 13.5. The number of ether oxygens (including phenoxy) is 1. The Kier molecular flexibility index (Phi) is 6.66. The van der Waals surface area contributed by atoms with Gasteiger partial charge in [0.15, 0.2) is 0 Å². The van der Waals surface area contributed by atoms with Gasteiger partial charge in [-0.15, -0.1) is 0 Å². The van der Waals surface area contributed by atoms with Gasteiger partial charge in [-0.05, 0) is 41.5 Å². The van der Waals surface area contributed by atoms with Crippen LogP contribution in [0.4, 0.5) is 5.95 Å². The summed E-state index contributed by atoms with van der Waals surface area (Å²) in [5.74, 6) is 0.0534. The molecule has 0 bridgehead atoms. The summed E-state index contributed by atoms with van der Waals surface area (Å²) < 4.78 is 35.0. The number of hydrogen-bond donors (Lipinski definition) is 1. The Morgan fingerprint density at radius 3 is 2.32 bits per heavy atom. The molecular formula is C28H25N5O4S. The Morgan fingerprint density at radius 1 is 0.947 bits per heavy atom. The molecule has 5 aromatic rings. The summed E-state index contributed by atoms with van der Waals surface area (Å²) in [5.41, 5.74) is 8.74. The van der Waals surface area contributed by atoms with E-state index in [1.807, 2.05) is 48.5 Å². The fourth-order valence-corrected chi connectivity index (χ4v) is 5.52. The molecule has 2 heterocycles. The number of methoxy groups -OCH3 is 1. The van der Waals surface area contributed by atoms with E-state index in [4.69, 9.17) is 10.5 Å². The molecule has 0 fully saturated rings. The van der Waals surface area contributed by atoms with Crippen molar-refractivity contribution < 1.29 is 13.2 Å². The zero-order chi connectivity index (χ0) is 26.9. The van der Waals surface area contributed by atoms with Crippen molar-refractivity contribution in [2.24, 2.45) is 0 Å². The van der Waals surface area contributed by atoms with Gasteiger partial charge in [0, 0.05) is 25.4 Å². The first-order chi connectivity index (χ1) is 18.3. The summed E-state index contributed by atoms with van der Waals surface area (Å²) in [7, 11) is -1.08. The minimum Gasteiger partial charge on any atom is -0.480 e. The van der Waals surface area contributed by atoms with Gasteiger partial charge < -0.3 is 10.5 Å². The van der Waals surface area contributed by atoms with E-state index in [-0.39, 0.29) is 28.8 Å². The highest BCUT2D eigenvalue weighted by Gasteiger charge is 2.27. The van der Waals surface area contributed by atoms with E-state index < -0.39 is 10.0 Å². The highest BCUT2D eigenvalue weighted by atomic mass is 32.2. The van der Waals surface area contributed by atoms with Gasteiger partial charge in [0.2, 0.25) is 21.9 Å². The molecular weight excluding hydrogens is 502 g/mol. The van der Waals surface area contributed by atoms with Gasteiger partial charge >= 0.3 is 0 Å². The van der Waals surface area contributed by atoms with Crippen LogP contribution in [-0.2, 0) is 16.6 Å². The van der Waals surface area contributed by atoms with Crippen LogP contribution in [0, 0.1) is 0 Å². The van der Waals surface area contributed by atoms with Crippen molar-refractivity contribution in [1.29, 1.82) is 0 Å². The molecule has 0 aliphatic carbocycles. The van der Waals surface area contributed by atoms with Crippen LogP contribution in [0.25, 0.3) is 27.7 Å². The van der Waals surface area contributed by atoms with E-state index in [0.717, 1.165) is 5.56 Å². The van der Waals surface area contributed by atoms with Crippen LogP contribution in [0.2, 0.25) is 0 Å². The molecule has 0 saturated heterocycles. The molecule has 9 nitrogen and oxygen atoms in total. The third kappa shape index (κ3) is 4.62. The first-order valence-corrected chi connectivity index (χ1v) is 13.2. The Balaban J connectivity index is 1.59. The molecule has 0 aliphatic rings. The van der Waals surface area contributed by atoms with Crippen molar-refractivity contribution in [1.82, 2.24) is 18.8 Å². The van der Waals surface area contributed by atoms with Crippen molar-refractivity contribution in [3.05, 3.63) is 107 Å². The van der Waals surface area contributed by atoms with Crippen LogP contribution in [0.15, 0.2) is 101 Å². The minimum atomic E-state index is -3.96. The predicted octanol–water partition coefficient (Wildman–Crippen LogP) is 3.86. The van der Waals surface area contributed by atoms with Crippen LogP contribution in [0.5, 0.6) is 5.88 Å². The van der Waals surface area contributed by atoms with Crippen molar-refractivity contribution in [2.75, 3.05) is 19.9 Å². The Bertz CT molecular complexity index is 1790. The molecule has 0 amide bonds. The minimum absolute atomic E-state index is 0.0182. The topological polar surface area (TPSA) is 120 Å². The molecule has 2 aromatic heterocycles. The zero-order valence-corrected chi connectivity index (χ0v) is 21.6. The summed E-state index contributed by atoms with van der Waals surface area (Å²) in [6, 6.07) is 24.9. The third-order valence-electron chi connectivity index (χ3n) is 6.19. The SMILES string of the molecule is COc1ncc(-c2ccc3nc(N)n(-c4ccccc4)c(=O)c3c2)cc1S(=O)(=O)N(C)Cc1ccccc1. The van der Waals surface area contributed by atoms with Crippen LogP contribution in [0.3, 0.4) is 0 Å². The summed E-state index contributed by atoms with van der Waals surface area (Å²) in [6.45, 7) is 0.179. The predicted molar refractivity (Wildman–Crippen MR) is 147 cm³/mol. The molecule has 0 saturated carbocycles. The molecule has 0 atom stereocenters. The van der Waals surface area contributed by atoms with Gasteiger partial charge in [-0.25, -0.2) is 23.0 Å². The summed E-state index contributed by atoms with van der Waals surface area (Å²) in [4.78, 5) is 22.0. The van der Waals surface area contributed by atoms with Crippen LogP contribution in [0.1, 0.15) is 5.56 Å². The Morgan fingerprint density at radius 2 is 1.63 bits per heavy atom.